The Morgan fingerprint density at radius 3 is 2.41 bits per heavy atom. The first-order valence-electron chi connectivity index (χ1n) is 10.3. The van der Waals surface area contributed by atoms with Crippen LogP contribution in [0, 0.1) is 5.82 Å². The van der Waals surface area contributed by atoms with Crippen LogP contribution < -0.4 is 4.72 Å². The topological polar surface area (TPSA) is 69.7 Å². The molecule has 0 bridgehead atoms. The van der Waals surface area contributed by atoms with E-state index < -0.39 is 47.2 Å². The zero-order valence-corrected chi connectivity index (χ0v) is 18.3. The normalized spacial score (nSPS) is 22.6. The second-order valence-corrected chi connectivity index (χ2v) is 10.2. The lowest BCUT2D eigenvalue weighted by Crippen LogP contribution is -2.62. The number of rotatable bonds is 5. The van der Waals surface area contributed by atoms with E-state index in [-0.39, 0.29) is 12.4 Å². The van der Waals surface area contributed by atoms with Crippen LogP contribution in [0.5, 0.6) is 0 Å². The van der Waals surface area contributed by atoms with Crippen LogP contribution in [0.25, 0.3) is 11.1 Å². The first-order valence-corrected chi connectivity index (χ1v) is 12.2. The van der Waals surface area contributed by atoms with Crippen LogP contribution in [0.4, 0.5) is 18.0 Å². The maximum Gasteiger partial charge on any atom is 0.320 e. The fourth-order valence-corrected chi connectivity index (χ4v) is 5.20. The highest BCUT2D eigenvalue weighted by Gasteiger charge is 2.49. The molecule has 0 saturated carbocycles. The minimum atomic E-state index is -3.53. The Balaban J connectivity index is 1.58. The SMILES string of the molecule is CS(=O)(=O)N[C@H]1CCN(C(=O)N2CC(F)(F)C2)[C@H]1Cc1cccc(-c2cccc(F)c2)c1. The summed E-state index contributed by atoms with van der Waals surface area (Å²) < 4.78 is 66.5. The zero-order valence-electron chi connectivity index (χ0n) is 17.5. The second-order valence-electron chi connectivity index (χ2n) is 8.46. The van der Waals surface area contributed by atoms with Crippen molar-refractivity contribution < 1.29 is 26.4 Å². The monoisotopic (exact) mass is 467 g/mol. The van der Waals surface area contributed by atoms with E-state index >= 15 is 0 Å². The van der Waals surface area contributed by atoms with Crippen molar-refractivity contribution >= 4 is 16.1 Å². The molecule has 0 aromatic heterocycles. The van der Waals surface area contributed by atoms with Crippen molar-refractivity contribution in [2.75, 3.05) is 25.9 Å². The van der Waals surface area contributed by atoms with Gasteiger partial charge in [0.15, 0.2) is 0 Å². The minimum Gasteiger partial charge on any atom is -0.320 e. The maximum atomic E-state index is 13.6. The molecule has 2 heterocycles. The number of hydrogen-bond donors (Lipinski definition) is 1. The summed E-state index contributed by atoms with van der Waals surface area (Å²) in [6.45, 7) is -0.995. The number of benzene rings is 2. The van der Waals surface area contributed by atoms with Crippen molar-refractivity contribution in [3.8, 4) is 11.1 Å². The molecule has 2 aromatic carbocycles. The van der Waals surface area contributed by atoms with Crippen LogP contribution in [-0.2, 0) is 16.4 Å². The minimum absolute atomic E-state index is 0.266. The van der Waals surface area contributed by atoms with Gasteiger partial charge in [-0.3, -0.25) is 0 Å². The van der Waals surface area contributed by atoms with E-state index in [4.69, 9.17) is 0 Å². The Kier molecular flexibility index (Phi) is 5.93. The van der Waals surface area contributed by atoms with E-state index in [0.29, 0.717) is 18.4 Å². The number of likely N-dealkylation sites (tertiary alicyclic amines) is 2. The summed E-state index contributed by atoms with van der Waals surface area (Å²) >= 11 is 0. The second kappa shape index (κ2) is 8.40. The number of amides is 2. The average Bonchev–Trinajstić information content (AvgIpc) is 3.06. The molecule has 2 aromatic rings. The maximum absolute atomic E-state index is 13.6. The molecular formula is C22H24F3N3O3S. The molecule has 10 heteroatoms. The van der Waals surface area contributed by atoms with Crippen LogP contribution in [0.15, 0.2) is 48.5 Å². The Bertz CT molecular complexity index is 1120. The van der Waals surface area contributed by atoms with Crippen molar-refractivity contribution in [2.24, 2.45) is 0 Å². The average molecular weight is 468 g/mol. The van der Waals surface area contributed by atoms with Gasteiger partial charge in [-0.15, -0.1) is 0 Å². The molecule has 2 aliphatic heterocycles. The van der Waals surface area contributed by atoms with Crippen molar-refractivity contribution in [2.45, 2.75) is 30.8 Å². The summed E-state index contributed by atoms with van der Waals surface area (Å²) in [5, 5.41) is 0. The Hall–Kier alpha value is -2.59. The molecule has 0 radical (unpaired) electrons. The molecule has 2 atom stereocenters. The molecule has 0 unspecified atom stereocenters. The predicted molar refractivity (Wildman–Crippen MR) is 114 cm³/mol. The third-order valence-corrected chi connectivity index (χ3v) is 6.53. The summed E-state index contributed by atoms with van der Waals surface area (Å²) in [6.07, 6.45) is 1.76. The largest absolute Gasteiger partial charge is 0.320 e. The molecule has 2 fully saturated rings. The Morgan fingerprint density at radius 2 is 1.78 bits per heavy atom. The number of hydrogen-bond acceptors (Lipinski definition) is 3. The third kappa shape index (κ3) is 5.07. The molecule has 1 N–H and O–H groups in total. The molecule has 2 saturated heterocycles. The molecular weight excluding hydrogens is 443 g/mol. The van der Waals surface area contributed by atoms with E-state index in [1.54, 1.807) is 12.1 Å². The van der Waals surface area contributed by atoms with Gasteiger partial charge in [0.2, 0.25) is 10.0 Å². The van der Waals surface area contributed by atoms with Crippen LogP contribution in [0.1, 0.15) is 12.0 Å². The van der Waals surface area contributed by atoms with Gasteiger partial charge < -0.3 is 9.80 Å². The van der Waals surface area contributed by atoms with Gasteiger partial charge in [-0.05, 0) is 41.7 Å². The molecule has 6 nitrogen and oxygen atoms in total. The highest BCUT2D eigenvalue weighted by atomic mass is 32.2. The van der Waals surface area contributed by atoms with E-state index in [9.17, 15) is 26.4 Å². The first-order chi connectivity index (χ1) is 15.0. The Morgan fingerprint density at radius 1 is 1.12 bits per heavy atom. The van der Waals surface area contributed by atoms with E-state index in [2.05, 4.69) is 4.72 Å². The quantitative estimate of drug-likeness (QED) is 0.735. The summed E-state index contributed by atoms with van der Waals surface area (Å²) in [6, 6.07) is 12.0. The van der Waals surface area contributed by atoms with Gasteiger partial charge in [0.25, 0.3) is 5.92 Å². The van der Waals surface area contributed by atoms with E-state index in [1.807, 2.05) is 24.3 Å². The fourth-order valence-electron chi connectivity index (χ4n) is 4.37. The lowest BCUT2D eigenvalue weighted by atomic mass is 9.97. The standard InChI is InChI=1S/C22H24F3N3O3S/c1-32(30,31)26-19-8-9-28(21(29)27-13-22(24,25)14-27)20(19)11-15-4-2-5-16(10-15)17-6-3-7-18(23)12-17/h2-7,10,12,19-20,26H,8-9,11,13-14H2,1H3/t19-,20-/m0/s1. The first kappa shape index (κ1) is 22.6. The smallest absolute Gasteiger partial charge is 0.320 e. The molecule has 172 valence electrons. The summed E-state index contributed by atoms with van der Waals surface area (Å²) in [7, 11) is -3.53. The molecule has 32 heavy (non-hydrogen) atoms. The summed E-state index contributed by atoms with van der Waals surface area (Å²) in [4.78, 5) is 15.4. The van der Waals surface area contributed by atoms with Crippen LogP contribution in [-0.4, -0.2) is 68.1 Å². The Labute approximate surface area is 185 Å². The lowest BCUT2D eigenvalue weighted by molar-refractivity contribution is -0.114. The molecule has 2 aliphatic rings. The van der Waals surface area contributed by atoms with Crippen LogP contribution in [0.2, 0.25) is 0 Å². The molecule has 0 aliphatic carbocycles. The van der Waals surface area contributed by atoms with Crippen molar-refractivity contribution in [3.05, 3.63) is 59.9 Å². The van der Waals surface area contributed by atoms with Gasteiger partial charge in [0.1, 0.15) is 5.82 Å². The number of nitrogens with one attached hydrogen (secondary N) is 1. The number of carbonyl (C=O) groups is 1. The predicted octanol–water partition coefficient (Wildman–Crippen LogP) is 3.10. The van der Waals surface area contributed by atoms with Gasteiger partial charge in [0.05, 0.1) is 25.4 Å². The lowest BCUT2D eigenvalue weighted by Gasteiger charge is -2.42. The molecule has 4 rings (SSSR count). The highest BCUT2D eigenvalue weighted by Crippen LogP contribution is 2.31. The van der Waals surface area contributed by atoms with Gasteiger partial charge in [-0.2, -0.15) is 0 Å². The summed E-state index contributed by atoms with van der Waals surface area (Å²) in [5.74, 6) is -3.24. The number of halogens is 3. The fraction of sp³-hybridized carbons (Fsp3) is 0.409. The van der Waals surface area contributed by atoms with Gasteiger partial charge in [-0.1, -0.05) is 36.4 Å². The van der Waals surface area contributed by atoms with Crippen molar-refractivity contribution in [3.63, 3.8) is 0 Å². The number of nitrogens with zero attached hydrogens (tertiary/aromatic N) is 2. The zero-order chi connectivity index (χ0) is 23.1. The van der Waals surface area contributed by atoms with E-state index in [1.165, 1.54) is 17.0 Å². The van der Waals surface area contributed by atoms with Crippen molar-refractivity contribution in [1.82, 2.24) is 14.5 Å². The highest BCUT2D eigenvalue weighted by molar-refractivity contribution is 7.88. The number of alkyl halides is 2. The number of sulfonamides is 1. The van der Waals surface area contributed by atoms with Gasteiger partial charge in [0, 0.05) is 12.6 Å². The molecule has 0 spiro atoms. The van der Waals surface area contributed by atoms with Crippen molar-refractivity contribution in [1.29, 1.82) is 0 Å². The number of urea groups is 1. The molecule has 2 amide bonds. The van der Waals surface area contributed by atoms with Gasteiger partial charge in [-0.25, -0.2) is 31.1 Å². The third-order valence-electron chi connectivity index (χ3n) is 5.80. The van der Waals surface area contributed by atoms with Crippen LogP contribution >= 0.6 is 0 Å². The van der Waals surface area contributed by atoms with Gasteiger partial charge >= 0.3 is 6.03 Å². The van der Waals surface area contributed by atoms with Crippen LogP contribution in [0.3, 0.4) is 0 Å². The summed E-state index contributed by atoms with van der Waals surface area (Å²) in [5.41, 5.74) is 2.30. The number of carbonyl (C=O) groups excluding carboxylic acids is 1. The van der Waals surface area contributed by atoms with E-state index in [0.717, 1.165) is 22.3 Å².